The summed E-state index contributed by atoms with van der Waals surface area (Å²) in [6, 6.07) is 8.63. The molecule has 1 heterocycles. The number of benzene rings is 1. The number of rotatable bonds is 4. The molecule has 0 saturated heterocycles. The number of para-hydroxylation sites is 1. The molecule has 0 spiro atoms. The molecular formula is C18H24N2OS. The van der Waals surface area contributed by atoms with Crippen LogP contribution in [0.15, 0.2) is 24.3 Å². The molecule has 0 aliphatic heterocycles. The maximum absolute atomic E-state index is 12.4. The molecule has 1 fully saturated rings. The number of carbonyl (C=O) groups is 1. The number of aromatic nitrogens is 1. The van der Waals surface area contributed by atoms with E-state index in [1.54, 1.807) is 11.3 Å². The van der Waals surface area contributed by atoms with Crippen LogP contribution in [-0.4, -0.2) is 28.9 Å². The van der Waals surface area contributed by atoms with Gasteiger partial charge in [-0.2, -0.15) is 0 Å². The van der Waals surface area contributed by atoms with Gasteiger partial charge in [0, 0.05) is 25.9 Å². The third-order valence-electron chi connectivity index (χ3n) is 4.66. The maximum atomic E-state index is 12.4. The van der Waals surface area contributed by atoms with Gasteiger partial charge in [-0.3, -0.25) is 4.79 Å². The van der Waals surface area contributed by atoms with Crippen LogP contribution in [0.1, 0.15) is 50.0 Å². The van der Waals surface area contributed by atoms with Crippen molar-refractivity contribution in [3.8, 4) is 0 Å². The lowest BCUT2D eigenvalue weighted by molar-refractivity contribution is -0.132. The SMILES string of the molecule is CN(C(=O)CCc1nc2ccccc2s1)C1CCCCCC1. The first-order valence-electron chi connectivity index (χ1n) is 8.34. The highest BCUT2D eigenvalue weighted by atomic mass is 32.1. The fraction of sp³-hybridized carbons (Fsp3) is 0.556. The molecule has 3 nitrogen and oxygen atoms in total. The van der Waals surface area contributed by atoms with E-state index in [0.29, 0.717) is 12.5 Å². The lowest BCUT2D eigenvalue weighted by atomic mass is 10.1. The molecule has 0 N–H and O–H groups in total. The summed E-state index contributed by atoms with van der Waals surface area (Å²) >= 11 is 1.71. The van der Waals surface area contributed by atoms with Crippen LogP contribution in [0.3, 0.4) is 0 Å². The smallest absolute Gasteiger partial charge is 0.222 e. The summed E-state index contributed by atoms with van der Waals surface area (Å²) < 4.78 is 1.21. The lowest BCUT2D eigenvalue weighted by Crippen LogP contribution is -2.36. The highest BCUT2D eigenvalue weighted by Crippen LogP contribution is 2.24. The van der Waals surface area contributed by atoms with E-state index in [2.05, 4.69) is 11.1 Å². The van der Waals surface area contributed by atoms with Gasteiger partial charge in [-0.1, -0.05) is 37.8 Å². The topological polar surface area (TPSA) is 33.2 Å². The van der Waals surface area contributed by atoms with Crippen LogP contribution in [-0.2, 0) is 11.2 Å². The number of thiazole rings is 1. The van der Waals surface area contributed by atoms with E-state index in [9.17, 15) is 4.79 Å². The van der Waals surface area contributed by atoms with Gasteiger partial charge in [-0.25, -0.2) is 4.98 Å². The summed E-state index contributed by atoms with van der Waals surface area (Å²) in [7, 11) is 1.98. The molecule has 0 bridgehead atoms. The van der Waals surface area contributed by atoms with Crippen LogP contribution in [0.2, 0.25) is 0 Å². The Bertz CT molecular complexity index is 596. The van der Waals surface area contributed by atoms with Gasteiger partial charge in [0.25, 0.3) is 0 Å². The Balaban J connectivity index is 1.56. The van der Waals surface area contributed by atoms with Gasteiger partial charge >= 0.3 is 0 Å². The molecule has 22 heavy (non-hydrogen) atoms. The number of aryl methyl sites for hydroxylation is 1. The number of fused-ring (bicyclic) bond motifs is 1. The summed E-state index contributed by atoms with van der Waals surface area (Å²) in [5, 5.41) is 1.07. The molecule has 1 saturated carbocycles. The molecule has 0 radical (unpaired) electrons. The number of hydrogen-bond donors (Lipinski definition) is 0. The van der Waals surface area contributed by atoms with Crippen LogP contribution < -0.4 is 0 Å². The van der Waals surface area contributed by atoms with Gasteiger partial charge in [0.05, 0.1) is 15.2 Å². The Morgan fingerprint density at radius 1 is 1.23 bits per heavy atom. The summed E-state index contributed by atoms with van der Waals surface area (Å²) in [6.07, 6.45) is 8.85. The molecule has 1 amide bonds. The number of amides is 1. The van der Waals surface area contributed by atoms with E-state index in [4.69, 9.17) is 0 Å². The molecule has 1 aromatic heterocycles. The zero-order valence-corrected chi connectivity index (χ0v) is 14.1. The van der Waals surface area contributed by atoms with Crippen LogP contribution in [0.25, 0.3) is 10.2 Å². The van der Waals surface area contributed by atoms with Crippen molar-refractivity contribution in [3.63, 3.8) is 0 Å². The lowest BCUT2D eigenvalue weighted by Gasteiger charge is -2.27. The van der Waals surface area contributed by atoms with Crippen molar-refractivity contribution in [2.24, 2.45) is 0 Å². The molecular weight excluding hydrogens is 292 g/mol. The van der Waals surface area contributed by atoms with Crippen molar-refractivity contribution >= 4 is 27.5 Å². The zero-order valence-electron chi connectivity index (χ0n) is 13.3. The fourth-order valence-corrected chi connectivity index (χ4v) is 4.23. The summed E-state index contributed by atoms with van der Waals surface area (Å²) in [5.41, 5.74) is 1.05. The largest absolute Gasteiger partial charge is 0.343 e. The van der Waals surface area contributed by atoms with Gasteiger partial charge in [0.15, 0.2) is 0 Å². The number of carbonyl (C=O) groups excluding carboxylic acids is 1. The molecule has 2 aromatic rings. The normalized spacial score (nSPS) is 16.6. The van der Waals surface area contributed by atoms with Crippen molar-refractivity contribution in [2.45, 2.75) is 57.4 Å². The van der Waals surface area contributed by atoms with Crippen molar-refractivity contribution in [1.82, 2.24) is 9.88 Å². The first-order valence-corrected chi connectivity index (χ1v) is 9.16. The van der Waals surface area contributed by atoms with Crippen molar-refractivity contribution in [3.05, 3.63) is 29.3 Å². The minimum absolute atomic E-state index is 0.270. The highest BCUT2D eigenvalue weighted by Gasteiger charge is 2.21. The van der Waals surface area contributed by atoms with Crippen LogP contribution >= 0.6 is 11.3 Å². The monoisotopic (exact) mass is 316 g/mol. The predicted octanol–water partition coefficient (Wildman–Crippen LogP) is 4.41. The summed E-state index contributed by atoms with van der Waals surface area (Å²) in [5.74, 6) is 0.270. The second-order valence-electron chi connectivity index (χ2n) is 6.23. The second kappa shape index (κ2) is 7.23. The molecule has 0 atom stereocenters. The van der Waals surface area contributed by atoms with E-state index in [0.717, 1.165) is 16.9 Å². The number of nitrogens with zero attached hydrogens (tertiary/aromatic N) is 2. The van der Waals surface area contributed by atoms with Crippen molar-refractivity contribution in [1.29, 1.82) is 0 Å². The van der Waals surface area contributed by atoms with Gasteiger partial charge < -0.3 is 4.90 Å². The molecule has 1 aliphatic rings. The van der Waals surface area contributed by atoms with Gasteiger partial charge in [0.1, 0.15) is 0 Å². The first-order chi connectivity index (χ1) is 10.7. The first kappa shape index (κ1) is 15.5. The van der Waals surface area contributed by atoms with Gasteiger partial charge in [-0.05, 0) is 25.0 Å². The molecule has 118 valence electrons. The quantitative estimate of drug-likeness (QED) is 0.783. The zero-order chi connectivity index (χ0) is 15.4. The Labute approximate surface area is 136 Å². The standard InChI is InChI=1S/C18H24N2OS/c1-20(14-8-4-2-3-5-9-14)18(21)13-12-17-19-15-10-6-7-11-16(15)22-17/h6-7,10-11,14H,2-5,8-9,12-13H2,1H3. The minimum atomic E-state index is 0.270. The summed E-state index contributed by atoms with van der Waals surface area (Å²) in [6.45, 7) is 0. The Hall–Kier alpha value is -1.42. The average molecular weight is 316 g/mol. The fourth-order valence-electron chi connectivity index (χ4n) is 3.27. The Kier molecular flexibility index (Phi) is 5.08. The predicted molar refractivity (Wildman–Crippen MR) is 92.2 cm³/mol. The molecule has 3 rings (SSSR count). The maximum Gasteiger partial charge on any atom is 0.222 e. The van der Waals surface area contributed by atoms with Crippen molar-refractivity contribution in [2.75, 3.05) is 7.05 Å². The summed E-state index contributed by atoms with van der Waals surface area (Å²) in [4.78, 5) is 19.1. The van der Waals surface area contributed by atoms with Crippen molar-refractivity contribution < 1.29 is 4.79 Å². The second-order valence-corrected chi connectivity index (χ2v) is 7.34. The molecule has 0 unspecified atom stereocenters. The molecule has 1 aromatic carbocycles. The third kappa shape index (κ3) is 3.67. The average Bonchev–Trinajstić information content (AvgIpc) is 2.76. The number of hydrogen-bond acceptors (Lipinski definition) is 3. The molecule has 1 aliphatic carbocycles. The Morgan fingerprint density at radius 3 is 2.68 bits per heavy atom. The molecule has 4 heteroatoms. The van der Waals surface area contributed by atoms with E-state index in [1.165, 1.54) is 43.2 Å². The minimum Gasteiger partial charge on any atom is -0.343 e. The Morgan fingerprint density at radius 2 is 1.95 bits per heavy atom. The van der Waals surface area contributed by atoms with Gasteiger partial charge in [-0.15, -0.1) is 11.3 Å². The third-order valence-corrected chi connectivity index (χ3v) is 5.75. The van der Waals surface area contributed by atoms with E-state index in [1.807, 2.05) is 30.1 Å². The van der Waals surface area contributed by atoms with Gasteiger partial charge in [0.2, 0.25) is 5.91 Å². The van der Waals surface area contributed by atoms with E-state index < -0.39 is 0 Å². The van der Waals surface area contributed by atoms with E-state index >= 15 is 0 Å². The van der Waals surface area contributed by atoms with Crippen LogP contribution in [0, 0.1) is 0 Å². The highest BCUT2D eigenvalue weighted by molar-refractivity contribution is 7.18. The van der Waals surface area contributed by atoms with Crippen LogP contribution in [0.5, 0.6) is 0 Å². The van der Waals surface area contributed by atoms with Crippen LogP contribution in [0.4, 0.5) is 0 Å². The van der Waals surface area contributed by atoms with E-state index in [-0.39, 0.29) is 5.91 Å².